The summed E-state index contributed by atoms with van der Waals surface area (Å²) >= 11 is 0. The van der Waals surface area contributed by atoms with Crippen molar-refractivity contribution >= 4 is 15.8 Å². The van der Waals surface area contributed by atoms with Crippen molar-refractivity contribution in [1.82, 2.24) is 4.31 Å². The number of rotatable bonds is 5. The van der Waals surface area contributed by atoms with Crippen molar-refractivity contribution in [2.75, 3.05) is 13.7 Å². The molecule has 0 amide bonds. The zero-order chi connectivity index (χ0) is 18.0. The average Bonchev–Trinajstić information content (AvgIpc) is 3.12. The zero-order valence-electron chi connectivity index (χ0n) is 14.3. The molecule has 0 aromatic heterocycles. The van der Waals surface area contributed by atoms with Crippen molar-refractivity contribution in [2.45, 2.75) is 30.7 Å². The molecule has 25 heavy (non-hydrogen) atoms. The molecule has 0 radical (unpaired) electrons. The maximum Gasteiger partial charge on any atom is 0.244 e. The molecule has 1 heterocycles. The summed E-state index contributed by atoms with van der Waals surface area (Å²) in [5, 5.41) is 0. The summed E-state index contributed by atoms with van der Waals surface area (Å²) in [6.07, 6.45) is 1.22. The van der Waals surface area contributed by atoms with Gasteiger partial charge >= 0.3 is 0 Å². The van der Waals surface area contributed by atoms with Crippen LogP contribution >= 0.6 is 0 Å². The van der Waals surface area contributed by atoms with Crippen molar-refractivity contribution in [3.8, 4) is 5.75 Å². The number of hydrogen-bond donors (Lipinski definition) is 0. The van der Waals surface area contributed by atoms with Gasteiger partial charge in [-0.2, -0.15) is 4.31 Å². The van der Waals surface area contributed by atoms with E-state index >= 15 is 0 Å². The van der Waals surface area contributed by atoms with Crippen LogP contribution in [0.5, 0.6) is 5.75 Å². The van der Waals surface area contributed by atoms with E-state index in [9.17, 15) is 13.2 Å². The Kier molecular flexibility index (Phi) is 4.92. The van der Waals surface area contributed by atoms with Crippen LogP contribution in [0.25, 0.3) is 0 Å². The van der Waals surface area contributed by atoms with E-state index in [1.165, 1.54) is 4.31 Å². The topological polar surface area (TPSA) is 63.7 Å². The minimum Gasteiger partial charge on any atom is -0.497 e. The number of ether oxygens (including phenoxy) is 1. The fourth-order valence-corrected chi connectivity index (χ4v) is 5.09. The number of benzene rings is 2. The highest BCUT2D eigenvalue weighted by Crippen LogP contribution is 2.29. The molecule has 0 bridgehead atoms. The number of aryl methyl sites for hydroxylation is 1. The van der Waals surface area contributed by atoms with E-state index < -0.39 is 16.1 Å². The number of carbonyl (C=O) groups is 1. The molecule has 0 saturated carbocycles. The lowest BCUT2D eigenvalue weighted by molar-refractivity contribution is 0.0918. The van der Waals surface area contributed by atoms with E-state index in [0.717, 1.165) is 0 Å². The molecular formula is C19H21NO4S. The normalized spacial score (nSPS) is 18.2. The Morgan fingerprint density at radius 2 is 1.80 bits per heavy atom. The van der Waals surface area contributed by atoms with Gasteiger partial charge in [0, 0.05) is 12.1 Å². The molecule has 1 atom stereocenters. The summed E-state index contributed by atoms with van der Waals surface area (Å²) in [5.74, 6) is 0.490. The van der Waals surface area contributed by atoms with Gasteiger partial charge in [-0.15, -0.1) is 0 Å². The fourth-order valence-electron chi connectivity index (χ4n) is 3.21. The van der Waals surface area contributed by atoms with Crippen LogP contribution in [0.15, 0.2) is 53.4 Å². The summed E-state index contributed by atoms with van der Waals surface area (Å²) in [7, 11) is -2.14. The van der Waals surface area contributed by atoms with Gasteiger partial charge in [0.1, 0.15) is 5.75 Å². The summed E-state index contributed by atoms with van der Waals surface area (Å²) in [4.78, 5) is 13.1. The van der Waals surface area contributed by atoms with Gasteiger partial charge in [0.25, 0.3) is 0 Å². The summed E-state index contributed by atoms with van der Waals surface area (Å²) < 4.78 is 32.6. The smallest absolute Gasteiger partial charge is 0.244 e. The van der Waals surface area contributed by atoms with Crippen molar-refractivity contribution in [3.05, 3.63) is 59.7 Å². The third-order valence-corrected chi connectivity index (χ3v) is 6.63. The number of Topliss-reactive ketones (excluding diaryl/α,β-unsaturated/α-hetero) is 1. The third kappa shape index (κ3) is 3.32. The highest BCUT2D eigenvalue weighted by Gasteiger charge is 2.40. The van der Waals surface area contributed by atoms with Crippen LogP contribution in [0.3, 0.4) is 0 Å². The van der Waals surface area contributed by atoms with Gasteiger partial charge in [-0.1, -0.05) is 18.2 Å². The zero-order valence-corrected chi connectivity index (χ0v) is 15.1. The lowest BCUT2D eigenvalue weighted by Gasteiger charge is -2.24. The minimum absolute atomic E-state index is 0.169. The van der Waals surface area contributed by atoms with E-state index in [1.807, 2.05) is 0 Å². The molecule has 1 fully saturated rings. The predicted molar refractivity (Wildman–Crippen MR) is 95.4 cm³/mol. The van der Waals surface area contributed by atoms with Crippen LogP contribution in [0.4, 0.5) is 0 Å². The molecule has 2 aromatic carbocycles. The predicted octanol–water partition coefficient (Wildman–Crippen LogP) is 3.04. The number of methoxy groups -OCH3 is 1. The highest BCUT2D eigenvalue weighted by atomic mass is 32.2. The molecule has 1 saturated heterocycles. The van der Waals surface area contributed by atoms with Gasteiger partial charge in [0.05, 0.1) is 18.0 Å². The SMILES string of the molecule is COc1ccc(C(=O)C2CCCN2S(=O)(=O)c2ccccc2C)cc1. The molecule has 3 rings (SSSR count). The van der Waals surface area contributed by atoms with Crippen LogP contribution in [0.1, 0.15) is 28.8 Å². The number of ketones is 1. The maximum absolute atomic E-state index is 13.1. The van der Waals surface area contributed by atoms with E-state index in [1.54, 1.807) is 62.6 Å². The van der Waals surface area contributed by atoms with E-state index in [2.05, 4.69) is 0 Å². The molecule has 0 N–H and O–H groups in total. The number of hydrogen-bond acceptors (Lipinski definition) is 4. The number of sulfonamides is 1. The highest BCUT2D eigenvalue weighted by molar-refractivity contribution is 7.89. The molecule has 1 aliphatic rings. The Hall–Kier alpha value is -2.18. The third-order valence-electron chi connectivity index (χ3n) is 4.56. The summed E-state index contributed by atoms with van der Waals surface area (Å²) in [5.41, 5.74) is 1.18. The van der Waals surface area contributed by atoms with Crippen LogP contribution in [-0.4, -0.2) is 38.2 Å². The molecule has 2 aromatic rings. The first-order chi connectivity index (χ1) is 11.9. The number of nitrogens with zero attached hydrogens (tertiary/aromatic N) is 1. The van der Waals surface area contributed by atoms with Gasteiger partial charge in [-0.3, -0.25) is 4.79 Å². The van der Waals surface area contributed by atoms with Crippen molar-refractivity contribution < 1.29 is 17.9 Å². The van der Waals surface area contributed by atoms with Gasteiger partial charge in [-0.05, 0) is 55.7 Å². The van der Waals surface area contributed by atoms with Crippen molar-refractivity contribution in [3.63, 3.8) is 0 Å². The minimum atomic E-state index is -3.70. The molecule has 0 spiro atoms. The van der Waals surface area contributed by atoms with E-state index in [4.69, 9.17) is 4.74 Å². The first kappa shape index (κ1) is 17.6. The molecular weight excluding hydrogens is 338 g/mol. The van der Waals surface area contributed by atoms with Crippen LogP contribution in [-0.2, 0) is 10.0 Å². The lowest BCUT2D eigenvalue weighted by atomic mass is 10.0. The summed E-state index contributed by atoms with van der Waals surface area (Å²) in [6.45, 7) is 2.13. The van der Waals surface area contributed by atoms with E-state index in [-0.39, 0.29) is 10.7 Å². The Labute approximate surface area is 148 Å². The molecule has 5 nitrogen and oxygen atoms in total. The quantitative estimate of drug-likeness (QED) is 0.770. The molecule has 0 aliphatic carbocycles. The second kappa shape index (κ2) is 6.98. The van der Waals surface area contributed by atoms with Crippen molar-refractivity contribution in [2.24, 2.45) is 0 Å². The monoisotopic (exact) mass is 359 g/mol. The molecule has 6 heteroatoms. The number of carbonyl (C=O) groups excluding carboxylic acids is 1. The first-order valence-corrected chi connectivity index (χ1v) is 9.65. The maximum atomic E-state index is 13.1. The molecule has 1 unspecified atom stereocenters. The van der Waals surface area contributed by atoms with E-state index in [0.29, 0.717) is 36.3 Å². The lowest BCUT2D eigenvalue weighted by Crippen LogP contribution is -2.40. The van der Waals surface area contributed by atoms with Crippen molar-refractivity contribution in [1.29, 1.82) is 0 Å². The Morgan fingerprint density at radius 3 is 2.44 bits per heavy atom. The largest absolute Gasteiger partial charge is 0.497 e. The fraction of sp³-hybridized carbons (Fsp3) is 0.316. The van der Waals surface area contributed by atoms with Gasteiger partial charge in [-0.25, -0.2) is 8.42 Å². The Balaban J connectivity index is 1.92. The Bertz CT molecular complexity index is 875. The second-order valence-electron chi connectivity index (χ2n) is 6.13. The molecule has 132 valence electrons. The van der Waals surface area contributed by atoms with Crippen LogP contribution in [0, 0.1) is 6.92 Å². The standard InChI is InChI=1S/C19H21NO4S/c1-14-6-3-4-8-18(14)25(22,23)20-13-5-7-17(20)19(21)15-9-11-16(24-2)12-10-15/h3-4,6,8-12,17H,5,7,13H2,1-2H3. The second-order valence-corrected chi connectivity index (χ2v) is 7.99. The molecule has 1 aliphatic heterocycles. The Morgan fingerprint density at radius 1 is 1.12 bits per heavy atom. The summed E-state index contributed by atoms with van der Waals surface area (Å²) in [6, 6.07) is 13.0. The van der Waals surface area contributed by atoms with Gasteiger partial charge in [0.15, 0.2) is 5.78 Å². The van der Waals surface area contributed by atoms with Crippen LogP contribution < -0.4 is 4.74 Å². The first-order valence-electron chi connectivity index (χ1n) is 8.21. The van der Waals surface area contributed by atoms with Gasteiger partial charge in [0.2, 0.25) is 10.0 Å². The average molecular weight is 359 g/mol. The van der Waals surface area contributed by atoms with Gasteiger partial charge < -0.3 is 4.74 Å². The van der Waals surface area contributed by atoms with Crippen LogP contribution in [0.2, 0.25) is 0 Å².